The van der Waals surface area contributed by atoms with Crippen molar-refractivity contribution >= 4 is 29.5 Å². The lowest BCUT2D eigenvalue weighted by atomic mass is 10.5. The lowest BCUT2D eigenvalue weighted by molar-refractivity contribution is -0.104. The first-order valence-electron chi connectivity index (χ1n) is 1.89. The highest BCUT2D eigenvalue weighted by Gasteiger charge is 1.77. The zero-order valence-electron chi connectivity index (χ0n) is 3.97. The minimum Gasteiger partial charge on any atom is -0.299 e. The summed E-state index contributed by atoms with van der Waals surface area (Å²) in [5.41, 5.74) is 1.18. The Balaban J connectivity index is 3.69. The molecule has 0 bridgehead atoms. The lowest BCUT2D eigenvalue weighted by Crippen LogP contribution is -1.60. The van der Waals surface area contributed by atoms with E-state index in [1.165, 1.54) is 17.7 Å². The van der Waals surface area contributed by atoms with Crippen LogP contribution in [0.25, 0.3) is 0 Å². The van der Waals surface area contributed by atoms with Gasteiger partial charge in [0.25, 0.3) is 0 Å². The largest absolute Gasteiger partial charge is 0.299 e. The number of carbonyl (C=O) groups excluding carboxylic acids is 1. The molecule has 0 heterocycles. The molecule has 0 saturated carbocycles. The van der Waals surface area contributed by atoms with Crippen LogP contribution >= 0.6 is 23.2 Å². The third-order valence-electron chi connectivity index (χ3n) is 0.438. The van der Waals surface area contributed by atoms with E-state index in [1.54, 1.807) is 0 Å². The second-order valence-corrected chi connectivity index (χ2v) is 1.64. The van der Waals surface area contributed by atoms with Crippen molar-refractivity contribution in [3.63, 3.8) is 0 Å². The van der Waals surface area contributed by atoms with Gasteiger partial charge in [-0.15, -0.1) is 0 Å². The molecule has 0 saturated heterocycles. The third-order valence-corrected chi connectivity index (χ3v) is 1.02. The van der Waals surface area contributed by atoms with Gasteiger partial charge in [-0.1, -0.05) is 23.2 Å². The van der Waals surface area contributed by atoms with Crippen molar-refractivity contribution < 1.29 is 4.79 Å². The third kappa shape index (κ3) is 3.90. The first-order valence-corrected chi connectivity index (χ1v) is 2.70. The Labute approximate surface area is 57.6 Å². The van der Waals surface area contributed by atoms with E-state index < -0.39 is 0 Å². The molecule has 0 aliphatic carbocycles. The molecule has 0 aromatic heterocycles. The Kier molecular flexibility index (Phi) is 4.71. The molecular formula is C5H4Cl2O. The summed E-state index contributed by atoms with van der Waals surface area (Å²) in [5, 5.41) is 0.346. The van der Waals surface area contributed by atoms with Gasteiger partial charge in [-0.05, 0) is 12.2 Å². The molecule has 0 aromatic rings. The predicted molar refractivity (Wildman–Crippen MR) is 35.0 cm³/mol. The van der Waals surface area contributed by atoms with Gasteiger partial charge in [0.1, 0.15) is 6.29 Å². The first kappa shape index (κ1) is 7.73. The van der Waals surface area contributed by atoms with Crippen molar-refractivity contribution in [1.29, 1.82) is 0 Å². The quantitative estimate of drug-likeness (QED) is 0.335. The van der Waals surface area contributed by atoms with Gasteiger partial charge < -0.3 is 0 Å². The lowest BCUT2D eigenvalue weighted by Gasteiger charge is -1.76. The van der Waals surface area contributed by atoms with Crippen LogP contribution in [0.1, 0.15) is 0 Å². The highest BCUT2D eigenvalue weighted by molar-refractivity contribution is 6.37. The van der Waals surface area contributed by atoms with Crippen LogP contribution in [-0.4, -0.2) is 6.29 Å². The fraction of sp³-hybridized carbons (Fsp3) is 0. The van der Waals surface area contributed by atoms with Crippen LogP contribution in [0.3, 0.4) is 0 Å². The van der Waals surface area contributed by atoms with Crippen LogP contribution in [0.2, 0.25) is 0 Å². The summed E-state index contributed by atoms with van der Waals surface area (Å²) in [6.45, 7) is 0. The summed E-state index contributed by atoms with van der Waals surface area (Å²) in [4.78, 5) is 9.61. The van der Waals surface area contributed by atoms with Crippen molar-refractivity contribution in [2.45, 2.75) is 0 Å². The van der Waals surface area contributed by atoms with Crippen LogP contribution in [0.15, 0.2) is 22.7 Å². The van der Waals surface area contributed by atoms with Gasteiger partial charge in [0.15, 0.2) is 0 Å². The second-order valence-electron chi connectivity index (χ2n) is 0.989. The molecule has 1 nitrogen and oxygen atoms in total. The Hall–Kier alpha value is -0.270. The fourth-order valence-corrected chi connectivity index (χ4v) is 0.313. The molecule has 8 heavy (non-hydrogen) atoms. The molecular weight excluding hydrogens is 147 g/mol. The molecule has 0 fully saturated rings. The number of hydrogen-bond donors (Lipinski definition) is 0. The number of rotatable bonds is 2. The highest BCUT2D eigenvalue weighted by atomic mass is 35.5. The van der Waals surface area contributed by atoms with Gasteiger partial charge in [0.2, 0.25) is 0 Å². The maximum Gasteiger partial charge on any atom is 0.142 e. The second kappa shape index (κ2) is 4.88. The Morgan fingerprint density at radius 2 is 2.12 bits per heavy atom. The van der Waals surface area contributed by atoms with E-state index in [9.17, 15) is 4.79 Å². The van der Waals surface area contributed by atoms with Gasteiger partial charge >= 0.3 is 0 Å². The van der Waals surface area contributed by atoms with Crippen molar-refractivity contribution in [3.8, 4) is 0 Å². The SMILES string of the molecule is O=CC=CC(Cl)=CCl. The standard InChI is InChI=1S/C5H4Cl2O/c6-4-5(7)2-1-3-8/h1-4H. The average Bonchev–Trinajstić information content (AvgIpc) is 1.83. The molecule has 0 aliphatic rings. The monoisotopic (exact) mass is 150 g/mol. The number of allylic oxidation sites excluding steroid dienone is 3. The molecule has 0 atom stereocenters. The van der Waals surface area contributed by atoms with Crippen LogP contribution < -0.4 is 0 Å². The number of hydrogen-bond acceptors (Lipinski definition) is 1. The predicted octanol–water partition coefficient (Wildman–Crippen LogP) is 2.06. The zero-order chi connectivity index (χ0) is 6.41. The number of carbonyl (C=O) groups is 1. The van der Waals surface area contributed by atoms with Crippen molar-refractivity contribution in [3.05, 3.63) is 22.7 Å². The van der Waals surface area contributed by atoms with Gasteiger partial charge in [-0.2, -0.15) is 0 Å². The minimum atomic E-state index is 0.346. The van der Waals surface area contributed by atoms with E-state index in [0.717, 1.165) is 0 Å². The van der Waals surface area contributed by atoms with Crippen molar-refractivity contribution in [1.82, 2.24) is 0 Å². The topological polar surface area (TPSA) is 17.1 Å². The van der Waals surface area contributed by atoms with Crippen LogP contribution in [0.5, 0.6) is 0 Å². The van der Waals surface area contributed by atoms with E-state index in [0.29, 0.717) is 11.3 Å². The van der Waals surface area contributed by atoms with Gasteiger partial charge in [0, 0.05) is 5.54 Å². The molecule has 0 radical (unpaired) electrons. The molecule has 0 unspecified atom stereocenters. The van der Waals surface area contributed by atoms with Gasteiger partial charge in [0.05, 0.1) is 5.03 Å². The zero-order valence-corrected chi connectivity index (χ0v) is 5.49. The number of aldehydes is 1. The average molecular weight is 151 g/mol. The Morgan fingerprint density at radius 3 is 2.50 bits per heavy atom. The fourth-order valence-electron chi connectivity index (χ4n) is 0.168. The molecule has 0 aromatic carbocycles. The molecule has 0 amide bonds. The summed E-state index contributed by atoms with van der Waals surface area (Å²) in [6, 6.07) is 0. The molecule has 0 spiro atoms. The molecule has 44 valence electrons. The van der Waals surface area contributed by atoms with E-state index in [-0.39, 0.29) is 0 Å². The van der Waals surface area contributed by atoms with Crippen LogP contribution in [0.4, 0.5) is 0 Å². The Bertz CT molecular complexity index is 126. The van der Waals surface area contributed by atoms with Gasteiger partial charge in [-0.3, -0.25) is 4.79 Å². The highest BCUT2D eigenvalue weighted by Crippen LogP contribution is 2.02. The van der Waals surface area contributed by atoms with Crippen molar-refractivity contribution in [2.24, 2.45) is 0 Å². The maximum absolute atomic E-state index is 9.61. The smallest absolute Gasteiger partial charge is 0.142 e. The summed E-state index contributed by atoms with van der Waals surface area (Å²) in [5.74, 6) is 0. The summed E-state index contributed by atoms with van der Waals surface area (Å²) < 4.78 is 0. The molecule has 0 aliphatic heterocycles. The van der Waals surface area contributed by atoms with Crippen molar-refractivity contribution in [2.75, 3.05) is 0 Å². The molecule has 0 N–H and O–H groups in total. The minimum absolute atomic E-state index is 0.346. The molecule has 0 rings (SSSR count). The summed E-state index contributed by atoms with van der Waals surface area (Å²) in [7, 11) is 0. The summed E-state index contributed by atoms with van der Waals surface area (Å²) >= 11 is 10.5. The van der Waals surface area contributed by atoms with E-state index in [1.807, 2.05) is 0 Å². The number of halogens is 2. The van der Waals surface area contributed by atoms with E-state index >= 15 is 0 Å². The van der Waals surface area contributed by atoms with Gasteiger partial charge in [-0.25, -0.2) is 0 Å². The molecule has 3 heteroatoms. The maximum atomic E-state index is 9.61. The van der Waals surface area contributed by atoms with E-state index in [2.05, 4.69) is 0 Å². The summed E-state index contributed by atoms with van der Waals surface area (Å²) in [6.07, 6.45) is 3.30. The first-order chi connectivity index (χ1) is 3.81. The Morgan fingerprint density at radius 1 is 1.50 bits per heavy atom. The van der Waals surface area contributed by atoms with E-state index in [4.69, 9.17) is 23.2 Å². The van der Waals surface area contributed by atoms with Crippen LogP contribution in [-0.2, 0) is 4.79 Å². The normalized spacial score (nSPS) is 12.5. The van der Waals surface area contributed by atoms with Crippen LogP contribution in [0, 0.1) is 0 Å².